The van der Waals surface area contributed by atoms with Gasteiger partial charge < -0.3 is 23.7 Å². The summed E-state index contributed by atoms with van der Waals surface area (Å²) in [6, 6.07) is 30.0. The maximum absolute atomic E-state index is 13.0. The van der Waals surface area contributed by atoms with Crippen molar-refractivity contribution in [2.24, 2.45) is 4.99 Å². The Bertz CT molecular complexity index is 2380. The summed E-state index contributed by atoms with van der Waals surface area (Å²) in [6.07, 6.45) is 26.5. The van der Waals surface area contributed by atoms with Gasteiger partial charge in [-0.3, -0.25) is 15.1 Å². The largest absolute Gasteiger partial charge is 0.494 e. The highest BCUT2D eigenvalue weighted by Gasteiger charge is 2.20. The molecule has 0 saturated carbocycles. The second-order valence-corrected chi connectivity index (χ2v) is 17.5. The van der Waals surface area contributed by atoms with Gasteiger partial charge >= 0.3 is 23.6 Å². The number of esters is 3. The van der Waals surface area contributed by atoms with Crippen LogP contribution in [0.5, 0.6) is 28.7 Å². The van der Waals surface area contributed by atoms with Crippen molar-refractivity contribution in [1.82, 2.24) is 0 Å². The first-order valence-electron chi connectivity index (χ1n) is 25.4. The van der Waals surface area contributed by atoms with Crippen molar-refractivity contribution in [3.63, 3.8) is 0 Å². The molecule has 0 spiro atoms. The predicted octanol–water partition coefficient (Wildman–Crippen LogP) is 15.6. The molecular formula is C58H70N2O10. The molecule has 0 fully saturated rings. The van der Waals surface area contributed by atoms with E-state index in [0.717, 1.165) is 25.7 Å². The fraction of sp³-hybridized carbons (Fsp3) is 0.414. The average Bonchev–Trinajstić information content (AvgIpc) is 3.37. The van der Waals surface area contributed by atoms with Crippen molar-refractivity contribution in [3.8, 4) is 28.7 Å². The van der Waals surface area contributed by atoms with Crippen LogP contribution in [0.4, 0.5) is 11.4 Å². The van der Waals surface area contributed by atoms with Crippen LogP contribution in [0.3, 0.4) is 0 Å². The number of hydrogen-bond acceptors (Lipinski definition) is 11. The molecule has 0 aliphatic heterocycles. The molecule has 0 aromatic heterocycles. The van der Waals surface area contributed by atoms with Gasteiger partial charge in [0, 0.05) is 18.3 Å². The summed E-state index contributed by atoms with van der Waals surface area (Å²) in [5.74, 6) is -0.327. The number of rotatable bonds is 33. The molecular weight excluding hydrogens is 885 g/mol. The van der Waals surface area contributed by atoms with Gasteiger partial charge in [0.05, 0.1) is 40.5 Å². The number of carbonyl (C=O) groups is 3. The number of nitro groups is 1. The lowest BCUT2D eigenvalue weighted by Crippen LogP contribution is -2.10. The zero-order valence-electron chi connectivity index (χ0n) is 41.1. The van der Waals surface area contributed by atoms with Crippen molar-refractivity contribution in [2.75, 3.05) is 13.2 Å². The molecule has 5 rings (SSSR count). The molecule has 5 aromatic carbocycles. The van der Waals surface area contributed by atoms with Gasteiger partial charge in [-0.1, -0.05) is 135 Å². The molecule has 5 aromatic rings. The Labute approximate surface area is 413 Å². The highest BCUT2D eigenvalue weighted by atomic mass is 16.6. The quantitative estimate of drug-likeness (QED) is 0.00991. The minimum absolute atomic E-state index is 0.210. The third-order valence-corrected chi connectivity index (χ3v) is 11.8. The fourth-order valence-corrected chi connectivity index (χ4v) is 7.70. The summed E-state index contributed by atoms with van der Waals surface area (Å²) in [4.78, 5) is 54.6. The molecule has 0 saturated heterocycles. The maximum atomic E-state index is 13.0. The summed E-state index contributed by atoms with van der Waals surface area (Å²) < 4.78 is 28.3. The lowest BCUT2D eigenvalue weighted by atomic mass is 10.1. The van der Waals surface area contributed by atoms with Gasteiger partial charge in [-0.2, -0.15) is 0 Å². The monoisotopic (exact) mass is 955 g/mol. The van der Waals surface area contributed by atoms with Crippen molar-refractivity contribution >= 4 is 35.5 Å². The third kappa shape index (κ3) is 20.0. The van der Waals surface area contributed by atoms with E-state index in [4.69, 9.17) is 23.7 Å². The van der Waals surface area contributed by atoms with Crippen LogP contribution in [0.25, 0.3) is 0 Å². The number of nitrogens with zero attached hydrogens (tertiary/aromatic N) is 2. The Morgan fingerprint density at radius 1 is 0.471 bits per heavy atom. The summed E-state index contributed by atoms with van der Waals surface area (Å²) in [5, 5.41) is 12.0. The van der Waals surface area contributed by atoms with E-state index < -0.39 is 28.5 Å². The molecule has 70 heavy (non-hydrogen) atoms. The third-order valence-electron chi connectivity index (χ3n) is 11.8. The summed E-state index contributed by atoms with van der Waals surface area (Å²) >= 11 is 0. The molecule has 372 valence electrons. The van der Waals surface area contributed by atoms with Crippen molar-refractivity contribution in [1.29, 1.82) is 0 Å². The van der Waals surface area contributed by atoms with Crippen LogP contribution in [-0.4, -0.2) is 42.3 Å². The van der Waals surface area contributed by atoms with E-state index in [1.165, 1.54) is 151 Å². The molecule has 0 aliphatic carbocycles. The van der Waals surface area contributed by atoms with Gasteiger partial charge in [0.15, 0.2) is 0 Å². The first kappa shape index (κ1) is 54.1. The van der Waals surface area contributed by atoms with Gasteiger partial charge in [-0.05, 0) is 115 Å². The SMILES string of the molecule is CCCCCCCCCCCCCCOc1ccc(C(=O)Oc2ccc(C(=O)Oc3cccc(N=Cc4ccc(OC(=O)c5ccc(OCCCCCCCCCC)cc5)c([N+](=O)[O-])c4)c3)cc2)cc1. The summed E-state index contributed by atoms with van der Waals surface area (Å²) in [7, 11) is 0. The topological polar surface area (TPSA) is 153 Å². The van der Waals surface area contributed by atoms with E-state index >= 15 is 0 Å². The molecule has 12 heteroatoms. The standard InChI is InChI=1S/C58H70N2O10/c1-3-5-7-9-11-13-14-15-16-18-20-22-41-66-50-33-27-46(28-34-50)56(61)68-52-37-31-47(32-38-52)57(62)69-53-25-23-24-49(43-53)59-44-45-26-39-55(54(42-45)60(64)65)70-58(63)48-29-35-51(36-30-48)67-40-21-19-17-12-10-8-6-4-2/h23-39,42-44H,3-22,40-41H2,1-2H3. The first-order valence-corrected chi connectivity index (χ1v) is 25.4. The van der Waals surface area contributed by atoms with Crippen LogP contribution < -0.4 is 23.7 Å². The van der Waals surface area contributed by atoms with Gasteiger partial charge in [0.2, 0.25) is 5.75 Å². The maximum Gasteiger partial charge on any atom is 0.343 e. The number of unbranched alkanes of at least 4 members (excludes halogenated alkanes) is 18. The van der Waals surface area contributed by atoms with Crippen molar-refractivity contribution in [2.45, 2.75) is 142 Å². The fourth-order valence-electron chi connectivity index (χ4n) is 7.70. The minimum Gasteiger partial charge on any atom is -0.494 e. The molecule has 0 heterocycles. The van der Waals surface area contributed by atoms with Gasteiger partial charge in [0.25, 0.3) is 0 Å². The number of ether oxygens (including phenoxy) is 5. The van der Waals surface area contributed by atoms with E-state index in [2.05, 4.69) is 18.8 Å². The second-order valence-electron chi connectivity index (χ2n) is 17.5. The Kier molecular flexibility index (Phi) is 24.2. The van der Waals surface area contributed by atoms with Crippen molar-refractivity contribution in [3.05, 3.63) is 148 Å². The average molecular weight is 955 g/mol. The highest BCUT2D eigenvalue weighted by Crippen LogP contribution is 2.30. The second kappa shape index (κ2) is 31.3. The molecule has 0 amide bonds. The smallest absolute Gasteiger partial charge is 0.343 e. The number of aliphatic imine (C=N–C) groups is 1. The normalized spacial score (nSPS) is 11.1. The number of benzene rings is 5. The van der Waals surface area contributed by atoms with Gasteiger partial charge in [-0.15, -0.1) is 0 Å². The van der Waals surface area contributed by atoms with Crippen LogP contribution in [0.1, 0.15) is 179 Å². The lowest BCUT2D eigenvalue weighted by molar-refractivity contribution is -0.385. The van der Waals surface area contributed by atoms with Crippen LogP contribution in [0.2, 0.25) is 0 Å². The molecule has 0 radical (unpaired) electrons. The van der Waals surface area contributed by atoms with Crippen LogP contribution >= 0.6 is 0 Å². The van der Waals surface area contributed by atoms with Gasteiger partial charge in [-0.25, -0.2) is 14.4 Å². The Hall–Kier alpha value is -6.82. The molecule has 0 aliphatic rings. The van der Waals surface area contributed by atoms with Crippen LogP contribution in [0, 0.1) is 10.1 Å². The van der Waals surface area contributed by atoms with E-state index in [-0.39, 0.29) is 28.4 Å². The molecule has 0 unspecified atom stereocenters. The van der Waals surface area contributed by atoms with E-state index in [1.54, 1.807) is 72.8 Å². The highest BCUT2D eigenvalue weighted by molar-refractivity contribution is 5.93. The minimum atomic E-state index is -0.743. The Morgan fingerprint density at radius 3 is 1.34 bits per heavy atom. The zero-order valence-corrected chi connectivity index (χ0v) is 41.1. The summed E-state index contributed by atoms with van der Waals surface area (Å²) in [5.41, 5.74) is 1.19. The first-order chi connectivity index (χ1) is 34.2. The van der Waals surface area contributed by atoms with Crippen LogP contribution in [0.15, 0.2) is 120 Å². The number of hydrogen-bond donors (Lipinski definition) is 0. The molecule has 12 nitrogen and oxygen atoms in total. The zero-order chi connectivity index (χ0) is 49.6. The molecule has 0 atom stereocenters. The number of carbonyl (C=O) groups excluding carboxylic acids is 3. The van der Waals surface area contributed by atoms with E-state index in [1.807, 2.05) is 0 Å². The lowest BCUT2D eigenvalue weighted by Gasteiger charge is -2.09. The molecule has 0 bridgehead atoms. The molecule has 0 N–H and O–H groups in total. The van der Waals surface area contributed by atoms with E-state index in [9.17, 15) is 24.5 Å². The predicted molar refractivity (Wildman–Crippen MR) is 276 cm³/mol. The summed E-state index contributed by atoms with van der Waals surface area (Å²) in [6.45, 7) is 5.69. The van der Waals surface area contributed by atoms with Crippen molar-refractivity contribution < 1.29 is 43.0 Å². The van der Waals surface area contributed by atoms with E-state index in [0.29, 0.717) is 41.5 Å². The Balaban J connectivity index is 1.02. The van der Waals surface area contributed by atoms with Gasteiger partial charge in [0.1, 0.15) is 23.0 Å². The Morgan fingerprint density at radius 2 is 0.886 bits per heavy atom. The van der Waals surface area contributed by atoms with Crippen LogP contribution in [-0.2, 0) is 0 Å². The number of nitro benzene ring substituents is 1.